The molecule has 2 unspecified atom stereocenters. The molecule has 1 aliphatic heterocycles. The number of rotatable bonds is 8. The van der Waals surface area contributed by atoms with E-state index in [1.807, 2.05) is 0 Å². The molecule has 358 valence electrons. The zero-order valence-electron chi connectivity index (χ0n) is 41.4. The molecule has 5 nitrogen and oxygen atoms in total. The molecule has 0 radical (unpaired) electrons. The summed E-state index contributed by atoms with van der Waals surface area (Å²) in [5, 5.41) is 0. The summed E-state index contributed by atoms with van der Waals surface area (Å²) in [6.45, 7) is 9.19. The van der Waals surface area contributed by atoms with Crippen LogP contribution in [-0.2, 0) is 24.8 Å². The molecular formula is C65H62N4OPt. The van der Waals surface area contributed by atoms with Gasteiger partial charge in [0.05, 0.1) is 0 Å². The molecule has 3 heterocycles. The van der Waals surface area contributed by atoms with Crippen LogP contribution in [0.3, 0.4) is 0 Å². The van der Waals surface area contributed by atoms with Crippen molar-refractivity contribution in [3.8, 4) is 56.3 Å². The molecule has 0 saturated heterocycles. The molecule has 0 bridgehead atoms. The second-order valence-electron chi connectivity index (χ2n) is 21.3. The van der Waals surface area contributed by atoms with E-state index >= 15 is 0 Å². The molecular weight excluding hydrogens is 1050 g/mol. The number of benzene rings is 7. The van der Waals surface area contributed by atoms with Gasteiger partial charge < -0.3 is 0 Å². The first-order chi connectivity index (χ1) is 34.7. The van der Waals surface area contributed by atoms with Crippen molar-refractivity contribution in [1.82, 2.24) is 14.1 Å². The van der Waals surface area contributed by atoms with Crippen LogP contribution in [0, 0.1) is 16.6 Å². The van der Waals surface area contributed by atoms with E-state index in [0.717, 1.165) is 43.5 Å². The van der Waals surface area contributed by atoms with E-state index in [1.54, 1.807) is 0 Å². The molecule has 6 heteroatoms. The normalized spacial score (nSPS) is 17.5. The summed E-state index contributed by atoms with van der Waals surface area (Å²) < 4.78 is 13.0. The van der Waals surface area contributed by atoms with Crippen molar-refractivity contribution < 1.29 is 24.1 Å². The van der Waals surface area contributed by atoms with Crippen LogP contribution >= 0.6 is 0 Å². The first-order valence-corrected chi connectivity index (χ1v) is 27.0. The average molecular weight is 1110 g/mol. The third-order valence-corrected chi connectivity index (χ3v) is 17.1. The number of hydrogen-bond acceptors (Lipinski definition) is 3. The second-order valence-corrected chi connectivity index (χ2v) is 22.4. The molecule has 0 amide bonds. The fraction of sp³-hybridized carbons (Fsp3) is 0.262. The van der Waals surface area contributed by atoms with Gasteiger partial charge in [-0.2, -0.15) is 0 Å². The van der Waals surface area contributed by atoms with E-state index in [9.17, 15) is 0 Å². The summed E-state index contributed by atoms with van der Waals surface area (Å²) >= 11 is 2.56. The van der Waals surface area contributed by atoms with Crippen LogP contribution in [0.1, 0.15) is 101 Å². The molecule has 3 aliphatic rings. The minimum atomic E-state index is -0.0615. The predicted octanol–water partition coefficient (Wildman–Crippen LogP) is 17.4. The Hall–Kier alpha value is -6.55. The third kappa shape index (κ3) is 8.15. The second kappa shape index (κ2) is 18.6. The Bertz CT molecular complexity index is 3410. The molecule has 9 aromatic rings. The van der Waals surface area contributed by atoms with Crippen molar-refractivity contribution in [2.24, 2.45) is 5.92 Å². The van der Waals surface area contributed by atoms with E-state index in [0.29, 0.717) is 11.8 Å². The average Bonchev–Trinajstić information content (AvgIpc) is 3.70. The monoisotopic (exact) mass is 1110 g/mol. The standard InChI is InChI=1S/C65H62N4O.Pt/c1-45-38-62(66-43-57(45)48-26-13-7-14-27-48)69-61-42-52(34-35-54(61)53-30-15-16-31-58(53)65(69)36-19-8-20-37-65)70-51-29-21-28-50(41-51)67-44-68(60-33-18-17-32-59(60)67)63-55(46-22-9-5-10-23-46)39-49(64(2,3)4)40-56(63)47-24-11-6-12-25-47;/h5-7,9-14,17-18,21-29,32-35,38-43,53,58H,8,15-16,19-20,30-31,36-37H2,1-4H3;. The third-order valence-electron chi connectivity index (χ3n) is 16.1. The van der Waals surface area contributed by atoms with Gasteiger partial charge in [0.25, 0.3) is 0 Å². The summed E-state index contributed by atoms with van der Waals surface area (Å²) in [5.41, 5.74) is 16.9. The number of aromatic nitrogens is 3. The van der Waals surface area contributed by atoms with Gasteiger partial charge in [0.15, 0.2) is 0 Å². The topological polar surface area (TPSA) is 35.2 Å². The van der Waals surface area contributed by atoms with Crippen molar-refractivity contribution in [3.63, 3.8) is 0 Å². The number of fused-ring (bicyclic) bond motifs is 5. The smallest absolute Gasteiger partial charge is 0.0622 e. The van der Waals surface area contributed by atoms with Crippen LogP contribution < -0.4 is 9.64 Å². The molecule has 1 spiro atoms. The van der Waals surface area contributed by atoms with Crippen molar-refractivity contribution in [3.05, 3.63) is 203 Å². The molecule has 0 N–H and O–H groups in total. The number of anilines is 2. The minimum Gasteiger partial charge on any atom is -0.0622 e. The molecule has 7 aromatic carbocycles. The van der Waals surface area contributed by atoms with Gasteiger partial charge in [0.2, 0.25) is 0 Å². The van der Waals surface area contributed by atoms with Gasteiger partial charge in [-0.3, -0.25) is 0 Å². The Morgan fingerprint density at radius 1 is 0.577 bits per heavy atom. The van der Waals surface area contributed by atoms with E-state index in [1.165, 1.54) is 114 Å². The minimum absolute atomic E-state index is 0.0258. The van der Waals surface area contributed by atoms with Crippen molar-refractivity contribution in [2.75, 3.05) is 4.90 Å². The molecule has 2 atom stereocenters. The fourth-order valence-electron chi connectivity index (χ4n) is 12.7. The number of nitrogens with zero attached hydrogens (tertiary/aromatic N) is 4. The van der Waals surface area contributed by atoms with Crippen LogP contribution in [0.4, 0.5) is 11.5 Å². The van der Waals surface area contributed by atoms with Crippen molar-refractivity contribution >= 4 is 22.5 Å². The van der Waals surface area contributed by atoms with Gasteiger partial charge in [-0.05, 0) is 24.5 Å². The van der Waals surface area contributed by atoms with Gasteiger partial charge in [-0.15, -0.1) is 0 Å². The maximum absolute atomic E-state index is 7.08. The number of ether oxygens (including phenoxy) is 1. The summed E-state index contributed by atoms with van der Waals surface area (Å²) in [6, 6.07) is 64.2. The Balaban J connectivity index is 0.982. The van der Waals surface area contributed by atoms with E-state index in [2.05, 4.69) is 243 Å². The Kier molecular flexibility index (Phi) is 11.9. The van der Waals surface area contributed by atoms with Crippen LogP contribution in [0.2, 0.25) is 0 Å². The van der Waals surface area contributed by atoms with Crippen LogP contribution in [0.25, 0.3) is 55.8 Å². The SMILES string of the molecule is Cc1cc(N2c3cc(Oc4cccc(-n5[c](=[Pt])n(-c6c(-c7ccccc7)cc(C(C)(C)C)cc6-c6ccccc6)c6ccccc65)c4)ccc3C3CCCCC3C23CCCCC3)ncc1-c1ccccc1. The van der Waals surface area contributed by atoms with Gasteiger partial charge in [0, 0.05) is 11.8 Å². The van der Waals surface area contributed by atoms with Gasteiger partial charge in [0.1, 0.15) is 0 Å². The van der Waals surface area contributed by atoms with Gasteiger partial charge >= 0.3 is 334 Å². The molecule has 12 rings (SSSR count). The summed E-state index contributed by atoms with van der Waals surface area (Å²) in [4.78, 5) is 8.10. The summed E-state index contributed by atoms with van der Waals surface area (Å²) in [7, 11) is 0. The Morgan fingerprint density at radius 3 is 1.80 bits per heavy atom. The first kappa shape index (κ1) is 45.6. The number of imidazole rings is 1. The maximum atomic E-state index is 7.08. The van der Waals surface area contributed by atoms with Crippen LogP contribution in [0.5, 0.6) is 11.5 Å². The van der Waals surface area contributed by atoms with Crippen LogP contribution in [-0.4, -0.2) is 19.7 Å². The quantitative estimate of drug-likeness (QED) is 0.152. The zero-order valence-corrected chi connectivity index (χ0v) is 43.6. The summed E-state index contributed by atoms with van der Waals surface area (Å²) in [5.74, 6) is 3.87. The number of hydrogen-bond donors (Lipinski definition) is 0. The first-order valence-electron chi connectivity index (χ1n) is 25.9. The molecule has 2 aliphatic carbocycles. The van der Waals surface area contributed by atoms with E-state index in [4.69, 9.17) is 9.72 Å². The van der Waals surface area contributed by atoms with Crippen LogP contribution in [0.15, 0.2) is 182 Å². The van der Waals surface area contributed by atoms with Gasteiger partial charge in [-0.25, -0.2) is 0 Å². The zero-order chi connectivity index (χ0) is 48.3. The van der Waals surface area contributed by atoms with Crippen molar-refractivity contribution in [1.29, 1.82) is 0 Å². The van der Waals surface area contributed by atoms with Crippen molar-refractivity contribution in [2.45, 2.75) is 102 Å². The number of aryl methyl sites for hydroxylation is 1. The molecule has 2 aromatic heterocycles. The number of para-hydroxylation sites is 2. The Labute approximate surface area is 430 Å². The van der Waals surface area contributed by atoms with E-state index < -0.39 is 0 Å². The predicted molar refractivity (Wildman–Crippen MR) is 289 cm³/mol. The Morgan fingerprint density at radius 2 is 1.17 bits per heavy atom. The molecule has 2 fully saturated rings. The number of pyridine rings is 1. The summed E-state index contributed by atoms with van der Waals surface area (Å²) in [6.07, 6.45) is 13.5. The van der Waals surface area contributed by atoms with Gasteiger partial charge in [-0.1, -0.05) is 62.4 Å². The fourth-order valence-corrected chi connectivity index (χ4v) is 13.8. The molecule has 71 heavy (non-hydrogen) atoms. The molecule has 2 saturated carbocycles. The van der Waals surface area contributed by atoms with E-state index in [-0.39, 0.29) is 11.0 Å².